The van der Waals surface area contributed by atoms with Gasteiger partial charge >= 0.3 is 12.4 Å². The highest BCUT2D eigenvalue weighted by Crippen LogP contribution is 2.40. The first-order valence-electron chi connectivity index (χ1n) is 9.31. The van der Waals surface area contributed by atoms with Gasteiger partial charge in [-0.2, -0.15) is 31.4 Å². The first-order valence-corrected chi connectivity index (χ1v) is 10.1. The average Bonchev–Trinajstić information content (AvgIpc) is 2.96. The molecule has 0 atom stereocenters. The van der Waals surface area contributed by atoms with Gasteiger partial charge in [0.25, 0.3) is 0 Å². The maximum absolute atomic E-state index is 13.1. The monoisotopic (exact) mass is 503 g/mol. The van der Waals surface area contributed by atoms with Crippen LogP contribution in [0.4, 0.5) is 26.3 Å². The smallest absolute Gasteiger partial charge is 0.385 e. The second-order valence-electron chi connectivity index (χ2n) is 7.51. The minimum absolute atomic E-state index is 0.0144. The molecule has 0 unspecified atom stereocenters. The molecule has 0 bridgehead atoms. The van der Waals surface area contributed by atoms with Crippen LogP contribution in [0.2, 0.25) is 10.0 Å². The van der Waals surface area contributed by atoms with Gasteiger partial charge in [0.05, 0.1) is 26.9 Å². The molecule has 1 aliphatic heterocycles. The SMILES string of the molecule is Cc1c(Cl)c(C(F)(F)F)nn1CC(=O)N1CCC(O)(c2ccc(Cl)c(C(F)(F)F)c2)CC1. The lowest BCUT2D eigenvalue weighted by atomic mass is 9.83. The van der Waals surface area contributed by atoms with Gasteiger partial charge < -0.3 is 10.0 Å². The predicted octanol–water partition coefficient (Wildman–Crippen LogP) is 5.05. The van der Waals surface area contributed by atoms with Crippen LogP contribution in [-0.2, 0) is 29.3 Å². The summed E-state index contributed by atoms with van der Waals surface area (Å²) in [6, 6.07) is 3.13. The summed E-state index contributed by atoms with van der Waals surface area (Å²) in [6.07, 6.45) is -9.60. The summed E-state index contributed by atoms with van der Waals surface area (Å²) in [5, 5.41) is 13.2. The number of alkyl halides is 6. The average molecular weight is 504 g/mol. The summed E-state index contributed by atoms with van der Waals surface area (Å²) in [4.78, 5) is 13.9. The lowest BCUT2D eigenvalue weighted by Gasteiger charge is -2.38. The van der Waals surface area contributed by atoms with Crippen molar-refractivity contribution in [3.8, 4) is 0 Å². The van der Waals surface area contributed by atoms with E-state index < -0.39 is 51.7 Å². The molecule has 176 valence electrons. The molecule has 3 rings (SSSR count). The number of amides is 1. The first kappa shape index (κ1) is 24.7. The molecule has 1 aliphatic rings. The quantitative estimate of drug-likeness (QED) is 0.596. The van der Waals surface area contributed by atoms with Gasteiger partial charge in [0.1, 0.15) is 6.54 Å². The van der Waals surface area contributed by atoms with Crippen LogP contribution in [0.15, 0.2) is 18.2 Å². The zero-order valence-electron chi connectivity index (χ0n) is 16.5. The lowest BCUT2D eigenvalue weighted by Crippen LogP contribution is -2.46. The minimum Gasteiger partial charge on any atom is -0.385 e. The highest BCUT2D eigenvalue weighted by molar-refractivity contribution is 6.32. The van der Waals surface area contributed by atoms with Crippen LogP contribution >= 0.6 is 23.2 Å². The Labute approximate surface area is 188 Å². The lowest BCUT2D eigenvalue weighted by molar-refractivity contribution is -0.142. The maximum Gasteiger partial charge on any atom is 0.436 e. The Morgan fingerprint density at radius 2 is 1.72 bits per heavy atom. The molecule has 1 N–H and O–H groups in total. The Kier molecular flexibility index (Phi) is 6.49. The van der Waals surface area contributed by atoms with E-state index in [9.17, 15) is 36.2 Å². The molecule has 1 aromatic carbocycles. The number of likely N-dealkylation sites (tertiary alicyclic amines) is 1. The molecule has 1 amide bonds. The molecule has 0 spiro atoms. The summed E-state index contributed by atoms with van der Waals surface area (Å²) < 4.78 is 79.1. The third-order valence-electron chi connectivity index (χ3n) is 5.44. The second kappa shape index (κ2) is 8.42. The van der Waals surface area contributed by atoms with E-state index in [1.165, 1.54) is 17.9 Å². The number of benzene rings is 1. The molecule has 2 heterocycles. The Bertz CT molecular complexity index is 1030. The van der Waals surface area contributed by atoms with Crippen molar-refractivity contribution in [2.24, 2.45) is 0 Å². The standard InChI is InChI=1S/C19H17Cl2F6N3O2/c1-10-15(21)16(19(25,26)27)28-30(10)9-14(31)29-6-4-17(32,5-7-29)11-2-3-13(20)12(8-11)18(22,23)24/h2-3,8,32H,4-7,9H2,1H3. The first-order chi connectivity index (χ1) is 14.6. The number of aromatic nitrogens is 2. The van der Waals surface area contributed by atoms with Crippen LogP contribution < -0.4 is 0 Å². The van der Waals surface area contributed by atoms with Gasteiger partial charge in [-0.25, -0.2) is 0 Å². The number of hydrogen-bond donors (Lipinski definition) is 1. The summed E-state index contributed by atoms with van der Waals surface area (Å²) in [5.74, 6) is -0.560. The van der Waals surface area contributed by atoms with Crippen LogP contribution in [-0.4, -0.2) is 38.8 Å². The number of hydrogen-bond acceptors (Lipinski definition) is 3. The van der Waals surface area contributed by atoms with Crippen molar-refractivity contribution in [3.63, 3.8) is 0 Å². The molecule has 32 heavy (non-hydrogen) atoms. The van der Waals surface area contributed by atoms with Crippen molar-refractivity contribution < 1.29 is 36.2 Å². The predicted molar refractivity (Wildman–Crippen MR) is 103 cm³/mol. The van der Waals surface area contributed by atoms with Crippen LogP contribution in [0, 0.1) is 6.92 Å². The van der Waals surface area contributed by atoms with Gasteiger partial charge in [0.15, 0.2) is 5.69 Å². The third-order valence-corrected chi connectivity index (χ3v) is 6.22. The number of carbonyl (C=O) groups is 1. The summed E-state index contributed by atoms with van der Waals surface area (Å²) in [7, 11) is 0. The Morgan fingerprint density at radius 1 is 1.12 bits per heavy atom. The van der Waals surface area contributed by atoms with E-state index >= 15 is 0 Å². The fourth-order valence-corrected chi connectivity index (χ4v) is 4.00. The van der Waals surface area contributed by atoms with Gasteiger partial charge in [0, 0.05) is 13.1 Å². The molecule has 1 saturated heterocycles. The van der Waals surface area contributed by atoms with E-state index in [1.807, 2.05) is 0 Å². The molecular formula is C19H17Cl2F6N3O2. The Balaban J connectivity index is 1.72. The molecule has 1 aromatic heterocycles. The number of carbonyl (C=O) groups excluding carboxylic acids is 1. The second-order valence-corrected chi connectivity index (χ2v) is 8.29. The van der Waals surface area contributed by atoms with E-state index in [2.05, 4.69) is 5.10 Å². The molecule has 1 fully saturated rings. The van der Waals surface area contributed by atoms with Crippen LogP contribution in [0.5, 0.6) is 0 Å². The fraction of sp³-hybridized carbons (Fsp3) is 0.474. The Morgan fingerprint density at radius 3 is 2.22 bits per heavy atom. The highest BCUT2D eigenvalue weighted by Gasteiger charge is 2.40. The largest absolute Gasteiger partial charge is 0.436 e. The summed E-state index contributed by atoms with van der Waals surface area (Å²) >= 11 is 11.3. The van der Waals surface area contributed by atoms with Gasteiger partial charge in [-0.15, -0.1) is 0 Å². The van der Waals surface area contributed by atoms with Crippen molar-refractivity contribution in [2.45, 2.75) is 44.3 Å². The topological polar surface area (TPSA) is 58.4 Å². The molecule has 5 nitrogen and oxygen atoms in total. The van der Waals surface area contributed by atoms with E-state index in [-0.39, 0.29) is 37.2 Å². The van der Waals surface area contributed by atoms with Crippen molar-refractivity contribution in [1.29, 1.82) is 0 Å². The summed E-state index contributed by atoms with van der Waals surface area (Å²) in [6.45, 7) is 0.768. The zero-order valence-corrected chi connectivity index (χ0v) is 18.0. The van der Waals surface area contributed by atoms with E-state index in [0.29, 0.717) is 0 Å². The van der Waals surface area contributed by atoms with Crippen molar-refractivity contribution >= 4 is 29.1 Å². The number of rotatable bonds is 3. The number of halogens is 8. The number of aliphatic hydroxyl groups is 1. The van der Waals surface area contributed by atoms with Crippen LogP contribution in [0.3, 0.4) is 0 Å². The van der Waals surface area contributed by atoms with Gasteiger partial charge in [-0.3, -0.25) is 9.48 Å². The molecule has 0 radical (unpaired) electrons. The van der Waals surface area contributed by atoms with Gasteiger partial charge in [-0.1, -0.05) is 29.3 Å². The summed E-state index contributed by atoms with van der Waals surface area (Å²) in [5.41, 5.74) is -3.99. The molecule has 0 saturated carbocycles. The number of piperidine rings is 1. The van der Waals surface area contributed by atoms with E-state index in [4.69, 9.17) is 23.2 Å². The van der Waals surface area contributed by atoms with Crippen LogP contribution in [0.1, 0.15) is 35.4 Å². The third kappa shape index (κ3) is 4.84. The van der Waals surface area contributed by atoms with Gasteiger partial charge in [-0.05, 0) is 37.5 Å². The van der Waals surface area contributed by atoms with E-state index in [1.54, 1.807) is 0 Å². The highest BCUT2D eigenvalue weighted by atomic mass is 35.5. The Hall–Kier alpha value is -1.98. The van der Waals surface area contributed by atoms with Crippen molar-refractivity contribution in [2.75, 3.05) is 13.1 Å². The zero-order chi connectivity index (χ0) is 24.1. The van der Waals surface area contributed by atoms with Crippen molar-refractivity contribution in [1.82, 2.24) is 14.7 Å². The molecule has 0 aliphatic carbocycles. The van der Waals surface area contributed by atoms with E-state index in [0.717, 1.165) is 16.8 Å². The van der Waals surface area contributed by atoms with Gasteiger partial charge in [0.2, 0.25) is 5.91 Å². The number of nitrogens with zero attached hydrogens (tertiary/aromatic N) is 3. The minimum atomic E-state index is -4.77. The molecule has 13 heteroatoms. The normalized spacial score (nSPS) is 17.0. The van der Waals surface area contributed by atoms with Crippen LogP contribution in [0.25, 0.3) is 0 Å². The molecular weight excluding hydrogens is 487 g/mol. The fourth-order valence-electron chi connectivity index (χ4n) is 3.53. The molecule has 2 aromatic rings. The maximum atomic E-state index is 13.1. The van der Waals surface area contributed by atoms with Crippen molar-refractivity contribution in [3.05, 3.63) is 50.8 Å².